The number of nitrogens with one attached hydrogen (secondary N) is 1. The number of hydrogen-bond donors (Lipinski definition) is 2. The lowest BCUT2D eigenvalue weighted by molar-refractivity contribution is 0.506. The zero-order valence-corrected chi connectivity index (χ0v) is 11.9. The summed E-state index contributed by atoms with van der Waals surface area (Å²) >= 11 is 6.16. The molecule has 0 amide bonds. The molecule has 0 saturated carbocycles. The van der Waals surface area contributed by atoms with Crippen molar-refractivity contribution in [3.63, 3.8) is 0 Å². The van der Waals surface area contributed by atoms with Gasteiger partial charge in [-0.1, -0.05) is 29.8 Å². The lowest BCUT2D eigenvalue weighted by atomic mass is 9.96. The quantitative estimate of drug-likeness (QED) is 0.668. The standard InChI is InChI=1S/C15H15ClF2N2/c1-8-3-5-10(11(16)7-8)15(20-19)13-12(17)6-4-9(2)14(13)18/h3-7,15,20H,19H2,1-2H3. The minimum absolute atomic E-state index is 0.127. The molecule has 0 aliphatic rings. The average Bonchev–Trinajstić information content (AvgIpc) is 2.40. The van der Waals surface area contributed by atoms with Crippen LogP contribution in [0.4, 0.5) is 8.78 Å². The summed E-state index contributed by atoms with van der Waals surface area (Å²) in [6.07, 6.45) is 0. The summed E-state index contributed by atoms with van der Waals surface area (Å²) in [5.74, 6) is 4.21. The third kappa shape index (κ3) is 2.68. The lowest BCUT2D eigenvalue weighted by Crippen LogP contribution is -2.30. The van der Waals surface area contributed by atoms with Gasteiger partial charge in [-0.2, -0.15) is 0 Å². The molecule has 0 aromatic heterocycles. The van der Waals surface area contributed by atoms with Gasteiger partial charge in [0.25, 0.3) is 0 Å². The van der Waals surface area contributed by atoms with Gasteiger partial charge in [0, 0.05) is 10.6 Å². The predicted molar refractivity (Wildman–Crippen MR) is 76.5 cm³/mol. The highest BCUT2D eigenvalue weighted by Crippen LogP contribution is 2.32. The molecule has 3 N–H and O–H groups in total. The molecule has 20 heavy (non-hydrogen) atoms. The molecule has 2 aromatic carbocycles. The molecule has 0 fully saturated rings. The molecule has 0 heterocycles. The Hall–Kier alpha value is -1.49. The summed E-state index contributed by atoms with van der Waals surface area (Å²) in [6, 6.07) is 7.02. The van der Waals surface area contributed by atoms with E-state index in [4.69, 9.17) is 17.4 Å². The van der Waals surface area contributed by atoms with E-state index >= 15 is 0 Å². The van der Waals surface area contributed by atoms with Crippen molar-refractivity contribution in [1.29, 1.82) is 0 Å². The summed E-state index contributed by atoms with van der Waals surface area (Å²) in [4.78, 5) is 0. The zero-order valence-electron chi connectivity index (χ0n) is 11.2. The van der Waals surface area contributed by atoms with E-state index in [-0.39, 0.29) is 5.56 Å². The Bertz CT molecular complexity index is 644. The van der Waals surface area contributed by atoms with Gasteiger partial charge in [-0.05, 0) is 42.7 Å². The maximum Gasteiger partial charge on any atom is 0.134 e. The molecule has 1 unspecified atom stereocenters. The number of hydrogen-bond acceptors (Lipinski definition) is 2. The Labute approximate surface area is 121 Å². The number of aryl methyl sites for hydroxylation is 2. The lowest BCUT2D eigenvalue weighted by Gasteiger charge is -2.20. The maximum absolute atomic E-state index is 14.2. The molecule has 2 rings (SSSR count). The van der Waals surface area contributed by atoms with Crippen molar-refractivity contribution in [2.24, 2.45) is 5.84 Å². The highest BCUT2D eigenvalue weighted by Gasteiger charge is 2.24. The molecular formula is C15H15ClF2N2. The van der Waals surface area contributed by atoms with Crippen LogP contribution in [-0.4, -0.2) is 0 Å². The highest BCUT2D eigenvalue weighted by molar-refractivity contribution is 6.31. The second-order valence-corrected chi connectivity index (χ2v) is 5.12. The van der Waals surface area contributed by atoms with Crippen LogP contribution in [0.2, 0.25) is 5.02 Å². The topological polar surface area (TPSA) is 38.0 Å². The first kappa shape index (κ1) is 14.9. The Morgan fingerprint density at radius 3 is 2.45 bits per heavy atom. The second-order valence-electron chi connectivity index (χ2n) is 4.72. The molecule has 1 atom stereocenters. The van der Waals surface area contributed by atoms with Crippen LogP contribution in [0.3, 0.4) is 0 Å². The molecule has 0 spiro atoms. The summed E-state index contributed by atoms with van der Waals surface area (Å²) in [5, 5.41) is 0.410. The largest absolute Gasteiger partial charge is 0.271 e. The van der Waals surface area contributed by atoms with Crippen molar-refractivity contribution in [3.8, 4) is 0 Å². The van der Waals surface area contributed by atoms with Crippen LogP contribution in [-0.2, 0) is 0 Å². The van der Waals surface area contributed by atoms with E-state index in [1.807, 2.05) is 13.0 Å². The van der Waals surface area contributed by atoms with Crippen molar-refractivity contribution in [2.75, 3.05) is 0 Å². The van der Waals surface area contributed by atoms with Crippen molar-refractivity contribution >= 4 is 11.6 Å². The number of halogens is 3. The highest BCUT2D eigenvalue weighted by atomic mass is 35.5. The van der Waals surface area contributed by atoms with Gasteiger partial charge >= 0.3 is 0 Å². The first-order chi connectivity index (χ1) is 9.45. The van der Waals surface area contributed by atoms with Crippen LogP contribution >= 0.6 is 11.6 Å². The zero-order chi connectivity index (χ0) is 14.9. The van der Waals surface area contributed by atoms with Crippen LogP contribution in [0.25, 0.3) is 0 Å². The number of nitrogens with two attached hydrogens (primary N) is 1. The van der Waals surface area contributed by atoms with Gasteiger partial charge in [0.2, 0.25) is 0 Å². The molecule has 2 aromatic rings. The van der Waals surface area contributed by atoms with E-state index in [9.17, 15) is 8.78 Å². The minimum atomic E-state index is -0.844. The van der Waals surface area contributed by atoms with Gasteiger partial charge in [-0.15, -0.1) is 0 Å². The normalized spacial score (nSPS) is 12.5. The molecule has 106 valence electrons. The fourth-order valence-corrected chi connectivity index (χ4v) is 2.48. The molecular weight excluding hydrogens is 282 g/mol. The van der Waals surface area contributed by atoms with Gasteiger partial charge in [0.05, 0.1) is 6.04 Å². The van der Waals surface area contributed by atoms with Gasteiger partial charge in [0.1, 0.15) is 11.6 Å². The van der Waals surface area contributed by atoms with Gasteiger partial charge < -0.3 is 0 Å². The fraction of sp³-hybridized carbons (Fsp3) is 0.200. The van der Waals surface area contributed by atoms with E-state index in [1.54, 1.807) is 19.1 Å². The van der Waals surface area contributed by atoms with Crippen molar-refractivity contribution in [2.45, 2.75) is 19.9 Å². The van der Waals surface area contributed by atoms with Gasteiger partial charge in [-0.3, -0.25) is 5.84 Å². The molecule has 2 nitrogen and oxygen atoms in total. The van der Waals surface area contributed by atoms with Crippen molar-refractivity contribution in [3.05, 3.63) is 69.2 Å². The summed E-state index contributed by atoms with van der Waals surface area (Å²) in [5.41, 5.74) is 4.15. The SMILES string of the molecule is Cc1ccc(C(NN)c2c(F)ccc(C)c2F)c(Cl)c1. The predicted octanol–water partition coefficient (Wildman–Crippen LogP) is 3.79. The minimum Gasteiger partial charge on any atom is -0.271 e. The van der Waals surface area contributed by atoms with Crippen LogP contribution in [0, 0.1) is 25.5 Å². The fourth-order valence-electron chi connectivity index (χ4n) is 2.14. The molecule has 0 saturated heterocycles. The van der Waals surface area contributed by atoms with Gasteiger partial charge in [-0.25, -0.2) is 14.2 Å². The molecule has 0 aliphatic carbocycles. The van der Waals surface area contributed by atoms with Crippen LogP contribution in [0.1, 0.15) is 28.3 Å². The Morgan fingerprint density at radius 2 is 1.85 bits per heavy atom. The Morgan fingerprint density at radius 1 is 1.15 bits per heavy atom. The van der Waals surface area contributed by atoms with Gasteiger partial charge in [0.15, 0.2) is 0 Å². The molecule has 0 radical (unpaired) electrons. The first-order valence-electron chi connectivity index (χ1n) is 6.12. The van der Waals surface area contributed by atoms with Crippen LogP contribution < -0.4 is 11.3 Å². The molecule has 5 heteroatoms. The third-order valence-corrected chi connectivity index (χ3v) is 3.57. The van der Waals surface area contributed by atoms with Crippen molar-refractivity contribution < 1.29 is 8.78 Å². The van der Waals surface area contributed by atoms with E-state index in [0.717, 1.165) is 5.56 Å². The first-order valence-corrected chi connectivity index (χ1v) is 6.50. The van der Waals surface area contributed by atoms with E-state index in [1.165, 1.54) is 12.1 Å². The average molecular weight is 297 g/mol. The summed E-state index contributed by atoms with van der Waals surface area (Å²) in [6.45, 7) is 3.46. The van der Waals surface area contributed by atoms with Crippen molar-refractivity contribution in [1.82, 2.24) is 5.43 Å². The molecule has 0 aliphatic heterocycles. The monoisotopic (exact) mass is 296 g/mol. The summed E-state index contributed by atoms with van der Waals surface area (Å²) in [7, 11) is 0. The second kappa shape index (κ2) is 5.87. The Kier molecular flexibility index (Phi) is 4.38. The summed E-state index contributed by atoms with van der Waals surface area (Å²) < 4.78 is 28.2. The maximum atomic E-state index is 14.2. The van der Waals surface area contributed by atoms with Crippen LogP contribution in [0.5, 0.6) is 0 Å². The van der Waals surface area contributed by atoms with E-state index in [0.29, 0.717) is 16.1 Å². The number of benzene rings is 2. The smallest absolute Gasteiger partial charge is 0.134 e. The van der Waals surface area contributed by atoms with E-state index < -0.39 is 17.7 Å². The molecule has 0 bridgehead atoms. The Balaban J connectivity index is 2.61. The number of rotatable bonds is 3. The third-order valence-electron chi connectivity index (χ3n) is 3.24. The van der Waals surface area contributed by atoms with E-state index in [2.05, 4.69) is 5.43 Å². The number of hydrazine groups is 1. The van der Waals surface area contributed by atoms with Crippen LogP contribution in [0.15, 0.2) is 30.3 Å².